The fourth-order valence-electron chi connectivity index (χ4n) is 5.34. The van der Waals surface area contributed by atoms with E-state index >= 15 is 0 Å². The molecule has 0 aromatic carbocycles. The zero-order chi connectivity index (χ0) is 26.3. The van der Waals surface area contributed by atoms with E-state index in [9.17, 15) is 9.13 Å². The van der Waals surface area contributed by atoms with Crippen molar-refractivity contribution in [3.63, 3.8) is 0 Å². The minimum Gasteiger partial charge on any atom is -0.314 e. The van der Waals surface area contributed by atoms with Crippen molar-refractivity contribution < 1.29 is 13.6 Å². The lowest BCUT2D eigenvalue weighted by molar-refractivity contribution is -0.908. The van der Waals surface area contributed by atoms with Crippen LogP contribution in [0.2, 0.25) is 0 Å². The first-order valence-electron chi connectivity index (χ1n) is 15.4. The van der Waals surface area contributed by atoms with E-state index in [0.29, 0.717) is 4.48 Å². The normalized spacial score (nSPS) is 14.0. The van der Waals surface area contributed by atoms with Crippen molar-refractivity contribution in [3.8, 4) is 0 Å². The van der Waals surface area contributed by atoms with Crippen LogP contribution < -0.4 is 0 Å². The topological polar surface area (TPSA) is 34.1 Å². The molecule has 0 N–H and O–H groups in total. The van der Waals surface area contributed by atoms with Gasteiger partial charge in [-0.3, -0.25) is 0 Å². The standard InChI is InChI=1S/C31H63NO2P/c1-6-8-9-10-11-12-13-14-15-16-17-18-19-20-21-22-23-24-25-26-27-28-30-31(29-7-2,35(33)34)32(3,4)5/h17-18H,6-16,19-30H2,1-5H3/q+1. The summed E-state index contributed by atoms with van der Waals surface area (Å²) < 4.78 is 24.8. The number of allylic oxidation sites excluding steroid dienone is 2. The van der Waals surface area contributed by atoms with Crippen LogP contribution in [0.3, 0.4) is 0 Å². The van der Waals surface area contributed by atoms with Gasteiger partial charge in [0.2, 0.25) is 5.28 Å². The molecule has 0 aliphatic carbocycles. The average Bonchev–Trinajstić information content (AvgIpc) is 2.80. The maximum absolute atomic E-state index is 12.1. The minimum absolute atomic E-state index is 0.522. The van der Waals surface area contributed by atoms with E-state index < -0.39 is 13.0 Å². The molecule has 0 aliphatic heterocycles. The molecule has 0 rings (SSSR count). The number of hydrogen-bond donors (Lipinski definition) is 0. The van der Waals surface area contributed by atoms with Gasteiger partial charge in [0.25, 0.3) is 0 Å². The number of nitrogens with zero attached hydrogens (tertiary/aromatic N) is 1. The van der Waals surface area contributed by atoms with Gasteiger partial charge >= 0.3 is 7.68 Å². The fraction of sp³-hybridized carbons (Fsp3) is 0.935. The number of rotatable bonds is 26. The van der Waals surface area contributed by atoms with Crippen LogP contribution in [-0.4, -0.2) is 30.9 Å². The summed E-state index contributed by atoms with van der Waals surface area (Å²) in [6, 6.07) is 0. The van der Waals surface area contributed by atoms with Gasteiger partial charge in [0, 0.05) is 12.8 Å². The molecule has 1 atom stereocenters. The van der Waals surface area contributed by atoms with Gasteiger partial charge in [0.05, 0.1) is 21.1 Å². The molecule has 0 heterocycles. The molecule has 0 aliphatic rings. The molecule has 0 bridgehead atoms. The van der Waals surface area contributed by atoms with Gasteiger partial charge in [-0.2, -0.15) is 0 Å². The molecule has 0 amide bonds. The molecular formula is C31H63NO2P+. The van der Waals surface area contributed by atoms with Crippen LogP contribution in [-0.2, 0) is 9.13 Å². The van der Waals surface area contributed by atoms with Gasteiger partial charge in [0.15, 0.2) is 0 Å². The maximum Gasteiger partial charge on any atom is 0.378 e. The lowest BCUT2D eigenvalue weighted by atomic mass is 9.99. The van der Waals surface area contributed by atoms with Crippen molar-refractivity contribution >= 4 is 7.68 Å². The summed E-state index contributed by atoms with van der Waals surface area (Å²) in [7, 11) is 3.69. The molecular weight excluding hydrogens is 449 g/mol. The molecule has 1 unspecified atom stereocenters. The Labute approximate surface area is 221 Å². The van der Waals surface area contributed by atoms with E-state index in [1.54, 1.807) is 0 Å². The summed E-state index contributed by atoms with van der Waals surface area (Å²) >= 11 is 0. The molecule has 0 saturated heterocycles. The van der Waals surface area contributed by atoms with E-state index in [0.717, 1.165) is 25.7 Å². The third-order valence-electron chi connectivity index (χ3n) is 7.83. The highest BCUT2D eigenvalue weighted by Crippen LogP contribution is 2.44. The second kappa shape index (κ2) is 22.8. The summed E-state index contributed by atoms with van der Waals surface area (Å²) in [6.45, 7) is 4.38. The lowest BCUT2D eigenvalue weighted by Crippen LogP contribution is -2.53. The van der Waals surface area contributed by atoms with E-state index in [1.807, 2.05) is 21.1 Å². The van der Waals surface area contributed by atoms with Crippen LogP contribution in [0.15, 0.2) is 12.2 Å². The summed E-state index contributed by atoms with van der Waals surface area (Å²) in [5.41, 5.74) is 0. The van der Waals surface area contributed by atoms with Crippen LogP contribution in [0.5, 0.6) is 0 Å². The Kier molecular flexibility index (Phi) is 22.5. The van der Waals surface area contributed by atoms with Crippen LogP contribution in [0.25, 0.3) is 0 Å². The SMILES string of the molecule is CCCCCCCCCCCC=CCCCCCCCCCCCC(CCC)(P(=O)=O)[N+](C)(C)C. The number of quaternary nitrogens is 1. The maximum atomic E-state index is 12.1. The zero-order valence-corrected chi connectivity index (χ0v) is 25.5. The third kappa shape index (κ3) is 17.6. The highest BCUT2D eigenvalue weighted by molar-refractivity contribution is 7.32. The van der Waals surface area contributed by atoms with Crippen molar-refractivity contribution in [2.75, 3.05) is 21.1 Å². The van der Waals surface area contributed by atoms with Gasteiger partial charge in [-0.15, -0.1) is 0 Å². The molecule has 3 nitrogen and oxygen atoms in total. The first kappa shape index (κ1) is 34.6. The van der Waals surface area contributed by atoms with Crippen molar-refractivity contribution in [2.24, 2.45) is 0 Å². The van der Waals surface area contributed by atoms with E-state index in [2.05, 4.69) is 26.0 Å². The van der Waals surface area contributed by atoms with Crippen LogP contribution in [0.1, 0.15) is 162 Å². The molecule has 0 radical (unpaired) electrons. The second-order valence-corrected chi connectivity index (χ2v) is 13.2. The Morgan fingerprint density at radius 1 is 0.514 bits per heavy atom. The summed E-state index contributed by atoms with van der Waals surface area (Å²) in [6.07, 6.45) is 34.1. The summed E-state index contributed by atoms with van der Waals surface area (Å²) in [5, 5.41) is -0.591. The zero-order valence-electron chi connectivity index (χ0n) is 24.6. The van der Waals surface area contributed by atoms with Gasteiger partial charge in [-0.25, -0.2) is 9.13 Å². The van der Waals surface area contributed by atoms with Crippen molar-refractivity contribution in [1.29, 1.82) is 0 Å². The van der Waals surface area contributed by atoms with Crippen LogP contribution >= 0.6 is 7.68 Å². The Hall–Kier alpha value is -0.400. The van der Waals surface area contributed by atoms with Crippen LogP contribution in [0.4, 0.5) is 0 Å². The Morgan fingerprint density at radius 2 is 0.886 bits per heavy atom. The molecule has 0 spiro atoms. The second-order valence-electron chi connectivity index (χ2n) is 11.8. The molecule has 0 saturated carbocycles. The van der Waals surface area contributed by atoms with Gasteiger partial charge < -0.3 is 4.48 Å². The first-order chi connectivity index (χ1) is 16.8. The smallest absolute Gasteiger partial charge is 0.314 e. The average molecular weight is 513 g/mol. The van der Waals surface area contributed by atoms with E-state index in [-0.39, 0.29) is 0 Å². The van der Waals surface area contributed by atoms with E-state index in [4.69, 9.17) is 0 Å². The molecule has 0 aromatic heterocycles. The van der Waals surface area contributed by atoms with Crippen LogP contribution in [0, 0.1) is 0 Å². The predicted octanol–water partition coefficient (Wildman–Crippen LogP) is 11.1. The highest BCUT2D eigenvalue weighted by Gasteiger charge is 2.47. The molecule has 35 heavy (non-hydrogen) atoms. The Morgan fingerprint density at radius 3 is 1.23 bits per heavy atom. The summed E-state index contributed by atoms with van der Waals surface area (Å²) in [4.78, 5) is 0. The largest absolute Gasteiger partial charge is 0.378 e. The van der Waals surface area contributed by atoms with Gasteiger partial charge in [0.1, 0.15) is 0 Å². The number of hydrogen-bond acceptors (Lipinski definition) is 2. The Balaban J connectivity index is 3.55. The highest BCUT2D eigenvalue weighted by atomic mass is 31.1. The minimum atomic E-state index is -2.42. The quantitative estimate of drug-likeness (QED) is 0.0500. The Bertz CT molecular complexity index is 557. The summed E-state index contributed by atoms with van der Waals surface area (Å²) in [5.74, 6) is 0. The van der Waals surface area contributed by atoms with Crippen molar-refractivity contribution in [1.82, 2.24) is 0 Å². The first-order valence-corrected chi connectivity index (χ1v) is 16.6. The fourth-order valence-corrected chi connectivity index (χ4v) is 6.58. The van der Waals surface area contributed by atoms with Gasteiger partial charge in [-0.1, -0.05) is 122 Å². The van der Waals surface area contributed by atoms with Gasteiger partial charge in [-0.05, 0) is 38.5 Å². The predicted molar refractivity (Wildman–Crippen MR) is 156 cm³/mol. The third-order valence-corrected chi connectivity index (χ3v) is 9.55. The van der Waals surface area contributed by atoms with Crippen molar-refractivity contribution in [3.05, 3.63) is 12.2 Å². The molecule has 0 aromatic rings. The molecule has 208 valence electrons. The molecule has 0 fully saturated rings. The monoisotopic (exact) mass is 512 g/mol. The van der Waals surface area contributed by atoms with E-state index in [1.165, 1.54) is 122 Å². The number of unbranched alkanes of at least 4 members (excludes halogenated alkanes) is 18. The van der Waals surface area contributed by atoms with Crippen molar-refractivity contribution in [2.45, 2.75) is 167 Å². The lowest BCUT2D eigenvalue weighted by Gasteiger charge is -2.41. The molecule has 4 heteroatoms.